The van der Waals surface area contributed by atoms with Gasteiger partial charge in [-0.3, -0.25) is 0 Å². The van der Waals surface area contributed by atoms with E-state index in [4.69, 9.17) is 0 Å². The molecule has 0 aromatic heterocycles. The molecule has 1 aliphatic rings. The second kappa shape index (κ2) is 12.2. The van der Waals surface area contributed by atoms with Crippen molar-refractivity contribution in [3.8, 4) is 33.4 Å². The van der Waals surface area contributed by atoms with E-state index in [-0.39, 0.29) is 5.41 Å². The second-order valence-corrected chi connectivity index (χ2v) is 14.1. The summed E-state index contributed by atoms with van der Waals surface area (Å²) >= 11 is 0. The van der Waals surface area contributed by atoms with Crippen LogP contribution in [0.1, 0.15) is 41.7 Å². The quantitative estimate of drug-likeness (QED) is 0.159. The lowest BCUT2D eigenvalue weighted by molar-refractivity contribution is 0.659. The Morgan fingerprint density at radius 1 is 0.460 bits per heavy atom. The molecule has 0 bridgehead atoms. The van der Waals surface area contributed by atoms with Crippen molar-refractivity contribution in [1.82, 2.24) is 0 Å². The Balaban J connectivity index is 1.10. The van der Waals surface area contributed by atoms with Gasteiger partial charge in [0.2, 0.25) is 0 Å². The van der Waals surface area contributed by atoms with Gasteiger partial charge >= 0.3 is 0 Å². The van der Waals surface area contributed by atoms with E-state index in [9.17, 15) is 0 Å². The van der Waals surface area contributed by atoms with Gasteiger partial charge in [0, 0.05) is 5.41 Å². The molecule has 0 aliphatic heterocycles. The fraction of sp³-hybridized carbons (Fsp3) is 0.0800. The third kappa shape index (κ3) is 5.25. The van der Waals surface area contributed by atoms with Gasteiger partial charge in [0.1, 0.15) is 0 Å². The highest BCUT2D eigenvalue weighted by Crippen LogP contribution is 2.49. The molecule has 0 atom stereocenters. The van der Waals surface area contributed by atoms with Crippen LogP contribution < -0.4 is 0 Å². The van der Waals surface area contributed by atoms with Gasteiger partial charge in [-0.15, -0.1) is 0 Å². The summed E-state index contributed by atoms with van der Waals surface area (Å²) in [6, 6.07) is 64.7. The first-order valence-corrected chi connectivity index (χ1v) is 17.6. The maximum atomic E-state index is 2.46. The standard InChI is InChI=1S/C50H38/c1-50(2)48-20-8-7-17-46(48)47-30-23-35(33-49(47)50)32-41(36-26-28-40(29-27-36)45-19-10-14-38-12-4-6-16-43(38)45)31-34-21-24-39(25-22-34)44-18-9-13-37-11-3-5-15-42(37)44/h3-31,33H,32H2,1-2H3. The summed E-state index contributed by atoms with van der Waals surface area (Å²) in [5.41, 5.74) is 15.6. The molecule has 0 amide bonds. The maximum absolute atomic E-state index is 2.46. The van der Waals surface area contributed by atoms with Crippen molar-refractivity contribution in [2.75, 3.05) is 0 Å². The monoisotopic (exact) mass is 638 g/mol. The van der Waals surface area contributed by atoms with Gasteiger partial charge in [-0.05, 0) is 94.7 Å². The van der Waals surface area contributed by atoms with Crippen LogP contribution in [0.2, 0.25) is 0 Å². The van der Waals surface area contributed by atoms with Crippen LogP contribution in [0, 0.1) is 0 Å². The molecule has 0 N–H and O–H groups in total. The number of fused-ring (bicyclic) bond motifs is 5. The normalized spacial score (nSPS) is 13.4. The van der Waals surface area contributed by atoms with Gasteiger partial charge in [-0.25, -0.2) is 0 Å². The summed E-state index contributed by atoms with van der Waals surface area (Å²) < 4.78 is 0. The third-order valence-corrected chi connectivity index (χ3v) is 10.8. The molecule has 8 aromatic rings. The zero-order valence-corrected chi connectivity index (χ0v) is 28.5. The van der Waals surface area contributed by atoms with Crippen LogP contribution in [0.25, 0.3) is 66.6 Å². The highest BCUT2D eigenvalue weighted by atomic mass is 14.4. The molecular formula is C50H38. The molecule has 0 saturated carbocycles. The van der Waals surface area contributed by atoms with Crippen molar-refractivity contribution in [2.24, 2.45) is 0 Å². The summed E-state index contributed by atoms with van der Waals surface area (Å²) in [5.74, 6) is 0. The number of hydrogen-bond donors (Lipinski definition) is 0. The molecule has 0 spiro atoms. The number of rotatable bonds is 6. The molecule has 0 radical (unpaired) electrons. The second-order valence-electron chi connectivity index (χ2n) is 14.1. The van der Waals surface area contributed by atoms with E-state index in [1.54, 1.807) is 0 Å². The molecule has 0 heteroatoms. The van der Waals surface area contributed by atoms with Crippen LogP contribution in [0.4, 0.5) is 0 Å². The molecule has 8 aromatic carbocycles. The molecular weight excluding hydrogens is 601 g/mol. The minimum absolute atomic E-state index is 0.0244. The Kier molecular flexibility index (Phi) is 7.32. The minimum atomic E-state index is -0.0244. The van der Waals surface area contributed by atoms with Gasteiger partial charge < -0.3 is 0 Å². The van der Waals surface area contributed by atoms with Crippen molar-refractivity contribution < 1.29 is 0 Å². The lowest BCUT2D eigenvalue weighted by Gasteiger charge is -2.22. The average molecular weight is 639 g/mol. The Morgan fingerprint density at radius 3 is 1.64 bits per heavy atom. The predicted molar refractivity (Wildman–Crippen MR) is 214 cm³/mol. The van der Waals surface area contributed by atoms with Crippen LogP contribution in [0.3, 0.4) is 0 Å². The van der Waals surface area contributed by atoms with E-state index in [1.165, 1.54) is 88.3 Å². The Labute approximate surface area is 295 Å². The van der Waals surface area contributed by atoms with Gasteiger partial charge in [0.15, 0.2) is 0 Å². The maximum Gasteiger partial charge on any atom is 0.0158 e. The lowest BCUT2D eigenvalue weighted by Crippen LogP contribution is -2.15. The van der Waals surface area contributed by atoms with E-state index in [0.717, 1.165) is 6.42 Å². The molecule has 0 heterocycles. The molecule has 50 heavy (non-hydrogen) atoms. The van der Waals surface area contributed by atoms with Crippen LogP contribution in [0.15, 0.2) is 176 Å². The molecule has 1 aliphatic carbocycles. The third-order valence-electron chi connectivity index (χ3n) is 10.8. The van der Waals surface area contributed by atoms with Crippen molar-refractivity contribution in [3.05, 3.63) is 204 Å². The summed E-state index contributed by atoms with van der Waals surface area (Å²) in [4.78, 5) is 0. The van der Waals surface area contributed by atoms with E-state index in [2.05, 4.69) is 196 Å². The largest absolute Gasteiger partial charge is 0.0619 e. The van der Waals surface area contributed by atoms with Crippen LogP contribution >= 0.6 is 0 Å². The zero-order valence-electron chi connectivity index (χ0n) is 28.5. The average Bonchev–Trinajstić information content (AvgIpc) is 3.40. The van der Waals surface area contributed by atoms with Gasteiger partial charge in [0.05, 0.1) is 0 Å². The zero-order chi connectivity index (χ0) is 33.7. The van der Waals surface area contributed by atoms with E-state index in [1.807, 2.05) is 0 Å². The van der Waals surface area contributed by atoms with Gasteiger partial charge in [-0.2, -0.15) is 0 Å². The SMILES string of the molecule is CC1(C)c2ccccc2-c2ccc(CC(=Cc3ccc(-c4cccc5ccccc45)cc3)c3ccc(-c4cccc5ccccc45)cc3)cc21. The van der Waals surface area contributed by atoms with E-state index in [0.29, 0.717) is 0 Å². The van der Waals surface area contributed by atoms with E-state index >= 15 is 0 Å². The van der Waals surface area contributed by atoms with Crippen molar-refractivity contribution in [3.63, 3.8) is 0 Å². The Hall–Kier alpha value is -5.98. The minimum Gasteiger partial charge on any atom is -0.0619 e. The molecule has 0 saturated heterocycles. The first-order valence-electron chi connectivity index (χ1n) is 17.6. The van der Waals surface area contributed by atoms with E-state index < -0.39 is 0 Å². The summed E-state index contributed by atoms with van der Waals surface area (Å²) in [7, 11) is 0. The molecule has 0 nitrogen and oxygen atoms in total. The number of allylic oxidation sites excluding steroid dienone is 1. The molecule has 9 rings (SSSR count). The molecule has 0 fully saturated rings. The van der Waals surface area contributed by atoms with Crippen LogP contribution in [-0.4, -0.2) is 0 Å². The Morgan fingerprint density at radius 2 is 0.980 bits per heavy atom. The van der Waals surface area contributed by atoms with Crippen LogP contribution in [-0.2, 0) is 11.8 Å². The fourth-order valence-electron chi connectivity index (χ4n) is 8.10. The molecule has 238 valence electrons. The van der Waals surface area contributed by atoms with Gasteiger partial charge in [-0.1, -0.05) is 196 Å². The van der Waals surface area contributed by atoms with Crippen molar-refractivity contribution >= 4 is 33.2 Å². The summed E-state index contributed by atoms with van der Waals surface area (Å²) in [6.07, 6.45) is 3.23. The topological polar surface area (TPSA) is 0 Å². The Bertz CT molecular complexity index is 2550. The number of hydrogen-bond acceptors (Lipinski definition) is 0. The van der Waals surface area contributed by atoms with Crippen molar-refractivity contribution in [2.45, 2.75) is 25.7 Å². The fourth-order valence-corrected chi connectivity index (χ4v) is 8.10. The predicted octanol–water partition coefficient (Wildman–Crippen LogP) is 13.4. The first kappa shape index (κ1) is 30.1. The summed E-state index contributed by atoms with van der Waals surface area (Å²) in [5, 5.41) is 5.10. The molecule has 0 unspecified atom stereocenters. The smallest absolute Gasteiger partial charge is 0.0158 e. The highest BCUT2D eigenvalue weighted by molar-refractivity contribution is 5.98. The van der Waals surface area contributed by atoms with Crippen LogP contribution in [0.5, 0.6) is 0 Å². The van der Waals surface area contributed by atoms with Crippen molar-refractivity contribution in [1.29, 1.82) is 0 Å². The lowest BCUT2D eigenvalue weighted by atomic mass is 9.81. The highest BCUT2D eigenvalue weighted by Gasteiger charge is 2.35. The summed E-state index contributed by atoms with van der Waals surface area (Å²) in [6.45, 7) is 4.73. The number of benzene rings is 8. The van der Waals surface area contributed by atoms with Gasteiger partial charge in [0.25, 0.3) is 0 Å². The first-order chi connectivity index (χ1) is 24.5.